The predicted octanol–water partition coefficient (Wildman–Crippen LogP) is 2.97. The molecule has 3 rings (SSSR count). The van der Waals surface area contributed by atoms with E-state index in [-0.39, 0.29) is 10.0 Å². The molecular weight excluding hydrogens is 327 g/mol. The highest BCUT2D eigenvalue weighted by atomic mass is 79.9. The first kappa shape index (κ1) is 12.8. The van der Waals surface area contributed by atoms with Crippen LogP contribution in [0.3, 0.4) is 0 Å². The molecule has 0 saturated heterocycles. The number of benzene rings is 2. The van der Waals surface area contributed by atoms with Gasteiger partial charge in [0.15, 0.2) is 0 Å². The summed E-state index contributed by atoms with van der Waals surface area (Å²) in [5.74, 6) is -1.37. The third-order valence-corrected chi connectivity index (χ3v) is 3.68. The van der Waals surface area contributed by atoms with Gasteiger partial charge >= 0.3 is 0 Å². The molecule has 0 unspecified atom stereocenters. The van der Waals surface area contributed by atoms with Gasteiger partial charge < -0.3 is 5.73 Å². The van der Waals surface area contributed by atoms with Crippen molar-refractivity contribution in [1.29, 1.82) is 0 Å². The van der Waals surface area contributed by atoms with Gasteiger partial charge in [-0.1, -0.05) is 0 Å². The van der Waals surface area contributed by atoms with Crippen LogP contribution in [0.1, 0.15) is 20.7 Å². The van der Waals surface area contributed by atoms with Crippen molar-refractivity contribution in [3.8, 4) is 0 Å². The van der Waals surface area contributed by atoms with E-state index in [1.807, 2.05) is 0 Å². The standard InChI is InChI=1S/C14H8BrFN2O2/c15-11-6-8(2-4-12(11)16)18-13(19)9-3-1-7(17)5-10(9)14(18)20/h1-6H,17H2. The van der Waals surface area contributed by atoms with Gasteiger partial charge in [-0.05, 0) is 52.3 Å². The molecule has 100 valence electrons. The van der Waals surface area contributed by atoms with Gasteiger partial charge in [0.25, 0.3) is 11.8 Å². The number of nitrogens with zero attached hydrogens (tertiary/aromatic N) is 1. The van der Waals surface area contributed by atoms with Crippen LogP contribution in [0.15, 0.2) is 40.9 Å². The zero-order chi connectivity index (χ0) is 14.4. The summed E-state index contributed by atoms with van der Waals surface area (Å²) in [6.45, 7) is 0. The molecule has 0 spiro atoms. The molecule has 2 amide bonds. The zero-order valence-corrected chi connectivity index (χ0v) is 11.6. The fourth-order valence-corrected chi connectivity index (χ4v) is 2.48. The normalized spacial score (nSPS) is 13.8. The molecule has 0 bridgehead atoms. The van der Waals surface area contributed by atoms with Crippen molar-refractivity contribution in [1.82, 2.24) is 0 Å². The molecule has 0 aliphatic carbocycles. The van der Waals surface area contributed by atoms with Crippen molar-refractivity contribution in [2.24, 2.45) is 0 Å². The molecular formula is C14H8BrFN2O2. The predicted molar refractivity (Wildman–Crippen MR) is 76.1 cm³/mol. The second-order valence-electron chi connectivity index (χ2n) is 4.35. The lowest BCUT2D eigenvalue weighted by molar-refractivity contribution is 0.0926. The van der Waals surface area contributed by atoms with Gasteiger partial charge in [-0.3, -0.25) is 9.59 Å². The Hall–Kier alpha value is -2.21. The first-order valence-corrected chi connectivity index (χ1v) is 6.51. The second-order valence-corrected chi connectivity index (χ2v) is 5.20. The molecule has 2 N–H and O–H groups in total. The third-order valence-electron chi connectivity index (χ3n) is 3.07. The Morgan fingerprint density at radius 1 is 1.00 bits per heavy atom. The van der Waals surface area contributed by atoms with Crippen LogP contribution in [0.5, 0.6) is 0 Å². The third kappa shape index (κ3) is 1.80. The molecule has 0 atom stereocenters. The Morgan fingerprint density at radius 3 is 2.40 bits per heavy atom. The van der Waals surface area contributed by atoms with E-state index in [1.165, 1.54) is 30.3 Å². The van der Waals surface area contributed by atoms with Crippen LogP contribution >= 0.6 is 15.9 Å². The summed E-state index contributed by atoms with van der Waals surface area (Å²) in [6, 6.07) is 8.51. The van der Waals surface area contributed by atoms with Crippen LogP contribution in [0.4, 0.5) is 15.8 Å². The number of carbonyl (C=O) groups is 2. The van der Waals surface area contributed by atoms with Crippen LogP contribution in [-0.4, -0.2) is 11.8 Å². The zero-order valence-electron chi connectivity index (χ0n) is 10.1. The van der Waals surface area contributed by atoms with Gasteiger partial charge in [0.1, 0.15) is 5.82 Å². The van der Waals surface area contributed by atoms with Crippen LogP contribution in [0, 0.1) is 5.82 Å². The maximum atomic E-state index is 13.2. The Balaban J connectivity index is 2.11. The number of carbonyl (C=O) groups excluding carboxylic acids is 2. The quantitative estimate of drug-likeness (QED) is 0.644. The van der Waals surface area contributed by atoms with E-state index in [4.69, 9.17) is 5.73 Å². The van der Waals surface area contributed by atoms with E-state index in [0.717, 1.165) is 4.90 Å². The van der Waals surface area contributed by atoms with Gasteiger partial charge in [0.2, 0.25) is 0 Å². The summed E-state index contributed by atoms with van der Waals surface area (Å²) in [4.78, 5) is 25.6. The number of nitrogen functional groups attached to an aromatic ring is 1. The van der Waals surface area contributed by atoms with E-state index in [0.29, 0.717) is 16.9 Å². The lowest BCUT2D eigenvalue weighted by Crippen LogP contribution is -2.29. The van der Waals surface area contributed by atoms with Gasteiger partial charge in [0.05, 0.1) is 21.3 Å². The number of fused-ring (bicyclic) bond motifs is 1. The lowest BCUT2D eigenvalue weighted by Gasteiger charge is -2.14. The first-order chi connectivity index (χ1) is 9.49. The molecule has 0 aromatic heterocycles. The lowest BCUT2D eigenvalue weighted by atomic mass is 10.1. The van der Waals surface area contributed by atoms with Crippen molar-refractivity contribution in [3.05, 3.63) is 57.8 Å². The summed E-state index contributed by atoms with van der Waals surface area (Å²) in [5, 5.41) is 0. The number of rotatable bonds is 1. The molecule has 1 heterocycles. The van der Waals surface area contributed by atoms with E-state index < -0.39 is 17.6 Å². The molecule has 0 radical (unpaired) electrons. The highest BCUT2D eigenvalue weighted by Gasteiger charge is 2.36. The number of nitrogens with two attached hydrogens (primary N) is 1. The fourth-order valence-electron chi connectivity index (χ4n) is 2.12. The summed E-state index contributed by atoms with van der Waals surface area (Å²) >= 11 is 3.04. The topological polar surface area (TPSA) is 63.4 Å². The highest BCUT2D eigenvalue weighted by molar-refractivity contribution is 9.10. The van der Waals surface area contributed by atoms with Gasteiger partial charge in [-0.15, -0.1) is 0 Å². The fraction of sp³-hybridized carbons (Fsp3) is 0. The van der Waals surface area contributed by atoms with Crippen molar-refractivity contribution in [2.75, 3.05) is 10.6 Å². The maximum Gasteiger partial charge on any atom is 0.266 e. The average molecular weight is 335 g/mol. The molecule has 4 nitrogen and oxygen atoms in total. The second kappa shape index (κ2) is 4.42. The van der Waals surface area contributed by atoms with Gasteiger partial charge in [0, 0.05) is 5.69 Å². The minimum absolute atomic E-state index is 0.186. The van der Waals surface area contributed by atoms with Gasteiger partial charge in [-0.2, -0.15) is 0 Å². The molecule has 2 aromatic rings. The minimum atomic E-state index is -0.463. The van der Waals surface area contributed by atoms with E-state index in [2.05, 4.69) is 15.9 Å². The van der Waals surface area contributed by atoms with Crippen molar-refractivity contribution < 1.29 is 14.0 Å². The van der Waals surface area contributed by atoms with Crippen molar-refractivity contribution >= 4 is 39.1 Å². The first-order valence-electron chi connectivity index (χ1n) is 5.72. The number of hydrogen-bond acceptors (Lipinski definition) is 3. The van der Waals surface area contributed by atoms with E-state index >= 15 is 0 Å². The van der Waals surface area contributed by atoms with Crippen LogP contribution in [0.2, 0.25) is 0 Å². The number of hydrogen-bond donors (Lipinski definition) is 1. The molecule has 20 heavy (non-hydrogen) atoms. The number of imide groups is 1. The SMILES string of the molecule is Nc1ccc2c(c1)C(=O)N(c1ccc(F)c(Br)c1)C2=O. The molecule has 6 heteroatoms. The largest absolute Gasteiger partial charge is 0.399 e. The Bertz CT molecular complexity index is 761. The Morgan fingerprint density at radius 2 is 1.70 bits per heavy atom. The summed E-state index contributed by atoms with van der Waals surface area (Å²) in [5.41, 5.74) is 6.90. The highest BCUT2D eigenvalue weighted by Crippen LogP contribution is 2.31. The number of anilines is 2. The average Bonchev–Trinajstić information content (AvgIpc) is 2.65. The van der Waals surface area contributed by atoms with E-state index in [9.17, 15) is 14.0 Å². The summed E-state index contributed by atoms with van der Waals surface area (Å²) < 4.78 is 13.4. The monoisotopic (exact) mass is 334 g/mol. The number of halogens is 2. The summed E-state index contributed by atoms with van der Waals surface area (Å²) in [6.07, 6.45) is 0. The van der Waals surface area contributed by atoms with Crippen LogP contribution < -0.4 is 10.6 Å². The van der Waals surface area contributed by atoms with Crippen molar-refractivity contribution in [3.63, 3.8) is 0 Å². The maximum absolute atomic E-state index is 13.2. The summed E-state index contributed by atoms with van der Waals surface area (Å²) in [7, 11) is 0. The van der Waals surface area contributed by atoms with Gasteiger partial charge in [-0.25, -0.2) is 9.29 Å². The number of amides is 2. The smallest absolute Gasteiger partial charge is 0.266 e. The minimum Gasteiger partial charge on any atom is -0.399 e. The molecule has 0 fully saturated rings. The van der Waals surface area contributed by atoms with E-state index in [1.54, 1.807) is 6.07 Å². The van der Waals surface area contributed by atoms with Crippen LogP contribution in [0.25, 0.3) is 0 Å². The molecule has 1 aliphatic rings. The van der Waals surface area contributed by atoms with Crippen LogP contribution in [-0.2, 0) is 0 Å². The molecule has 1 aliphatic heterocycles. The Kier molecular flexibility index (Phi) is 2.83. The van der Waals surface area contributed by atoms with Crippen molar-refractivity contribution in [2.45, 2.75) is 0 Å². The molecule has 2 aromatic carbocycles. The molecule has 0 saturated carbocycles. The Labute approximate surface area is 122 Å².